The number of thiazole rings is 1. The minimum Gasteiger partial charge on any atom is -0.321 e. The molecule has 1 saturated heterocycles. The molecule has 1 aromatic heterocycles. The van der Waals surface area contributed by atoms with E-state index < -0.39 is 10.0 Å². The van der Waals surface area contributed by atoms with E-state index in [0.29, 0.717) is 24.3 Å². The molecule has 1 N–H and O–H groups in total. The molecule has 2 aromatic carbocycles. The molecule has 1 aliphatic rings. The highest BCUT2D eigenvalue weighted by Gasteiger charge is 2.27. The van der Waals surface area contributed by atoms with Crippen molar-refractivity contribution in [1.29, 1.82) is 0 Å². The van der Waals surface area contributed by atoms with Gasteiger partial charge in [0.05, 0.1) is 21.3 Å². The number of aromatic nitrogens is 1. The molecule has 8 heteroatoms. The first-order valence-electron chi connectivity index (χ1n) is 9.38. The second-order valence-electron chi connectivity index (χ2n) is 6.89. The Labute approximate surface area is 174 Å². The molecule has 3 aromatic rings. The van der Waals surface area contributed by atoms with E-state index in [0.717, 1.165) is 29.1 Å². The fraction of sp³-hybridized carbons (Fsp3) is 0.238. The van der Waals surface area contributed by atoms with E-state index in [-0.39, 0.29) is 10.8 Å². The maximum Gasteiger partial charge on any atom is 0.255 e. The molecule has 29 heavy (non-hydrogen) atoms. The first-order valence-corrected chi connectivity index (χ1v) is 11.7. The SMILES string of the molecule is Cc1nc(-c2ccccc2NC(=O)c2ccc(S(=O)(=O)N3CCCC3)cc2)cs1. The molecule has 0 bridgehead atoms. The molecule has 4 rings (SSSR count). The Hall–Kier alpha value is -2.55. The summed E-state index contributed by atoms with van der Waals surface area (Å²) in [5.74, 6) is -0.297. The molecule has 150 valence electrons. The second-order valence-corrected chi connectivity index (χ2v) is 9.89. The smallest absolute Gasteiger partial charge is 0.255 e. The Bertz CT molecular complexity index is 1130. The zero-order valence-electron chi connectivity index (χ0n) is 16.0. The molecule has 2 heterocycles. The number of carbonyl (C=O) groups is 1. The van der Waals surface area contributed by atoms with Crippen LogP contribution in [0.25, 0.3) is 11.3 Å². The standard InChI is InChI=1S/C21H21N3O3S2/c1-15-22-20(14-28-15)18-6-2-3-7-19(18)23-21(25)16-8-10-17(11-9-16)29(26,27)24-12-4-5-13-24/h2-3,6-11,14H,4-5,12-13H2,1H3,(H,23,25). The highest BCUT2D eigenvalue weighted by molar-refractivity contribution is 7.89. The summed E-state index contributed by atoms with van der Waals surface area (Å²) in [5.41, 5.74) is 2.72. The summed E-state index contributed by atoms with van der Waals surface area (Å²) < 4.78 is 26.8. The van der Waals surface area contributed by atoms with E-state index in [1.54, 1.807) is 23.5 Å². The molecule has 0 spiro atoms. The first-order chi connectivity index (χ1) is 13.9. The fourth-order valence-corrected chi connectivity index (χ4v) is 5.48. The van der Waals surface area contributed by atoms with Crippen molar-refractivity contribution in [1.82, 2.24) is 9.29 Å². The third-order valence-corrected chi connectivity index (χ3v) is 7.58. The van der Waals surface area contributed by atoms with Gasteiger partial charge in [0.15, 0.2) is 0 Å². The number of hydrogen-bond acceptors (Lipinski definition) is 5. The van der Waals surface area contributed by atoms with Crippen molar-refractivity contribution in [2.45, 2.75) is 24.7 Å². The quantitative estimate of drug-likeness (QED) is 0.663. The number of carbonyl (C=O) groups excluding carboxylic acids is 1. The van der Waals surface area contributed by atoms with Crippen molar-refractivity contribution in [3.63, 3.8) is 0 Å². The van der Waals surface area contributed by atoms with Crippen molar-refractivity contribution < 1.29 is 13.2 Å². The molecule has 0 aliphatic carbocycles. The van der Waals surface area contributed by atoms with Gasteiger partial charge in [0.25, 0.3) is 5.91 Å². The highest BCUT2D eigenvalue weighted by atomic mass is 32.2. The topological polar surface area (TPSA) is 79.4 Å². The number of hydrogen-bond donors (Lipinski definition) is 1. The molecule has 0 unspecified atom stereocenters. The largest absolute Gasteiger partial charge is 0.321 e. The Balaban J connectivity index is 1.54. The van der Waals surface area contributed by atoms with Crippen LogP contribution >= 0.6 is 11.3 Å². The summed E-state index contributed by atoms with van der Waals surface area (Å²) in [6, 6.07) is 13.6. The number of amides is 1. The molecular formula is C21H21N3O3S2. The fourth-order valence-electron chi connectivity index (χ4n) is 3.35. The molecule has 0 saturated carbocycles. The molecular weight excluding hydrogens is 406 g/mol. The maximum absolute atomic E-state index is 12.7. The van der Waals surface area contributed by atoms with Crippen LogP contribution < -0.4 is 5.32 Å². The van der Waals surface area contributed by atoms with E-state index in [1.807, 2.05) is 36.6 Å². The van der Waals surface area contributed by atoms with Crippen molar-refractivity contribution in [3.8, 4) is 11.3 Å². The lowest BCUT2D eigenvalue weighted by molar-refractivity contribution is 0.102. The minimum atomic E-state index is -3.49. The van der Waals surface area contributed by atoms with Gasteiger partial charge >= 0.3 is 0 Å². The molecule has 1 fully saturated rings. The van der Waals surface area contributed by atoms with Gasteiger partial charge in [0, 0.05) is 29.6 Å². The third kappa shape index (κ3) is 4.10. The molecule has 1 aliphatic heterocycles. The van der Waals surface area contributed by atoms with Gasteiger partial charge in [-0.1, -0.05) is 18.2 Å². The molecule has 0 atom stereocenters. The van der Waals surface area contributed by atoms with Gasteiger partial charge in [-0.3, -0.25) is 4.79 Å². The van der Waals surface area contributed by atoms with Crippen LogP contribution in [0.5, 0.6) is 0 Å². The number of aryl methyl sites for hydroxylation is 1. The summed E-state index contributed by atoms with van der Waals surface area (Å²) in [4.78, 5) is 17.4. The van der Waals surface area contributed by atoms with Gasteiger partial charge < -0.3 is 5.32 Å². The van der Waals surface area contributed by atoms with Crippen molar-refractivity contribution in [2.24, 2.45) is 0 Å². The van der Waals surface area contributed by atoms with Crippen LogP contribution in [-0.2, 0) is 10.0 Å². The molecule has 6 nitrogen and oxygen atoms in total. The van der Waals surface area contributed by atoms with E-state index >= 15 is 0 Å². The number of nitrogens with zero attached hydrogens (tertiary/aromatic N) is 2. The predicted molar refractivity (Wildman–Crippen MR) is 115 cm³/mol. The van der Waals surface area contributed by atoms with E-state index in [2.05, 4.69) is 10.3 Å². The van der Waals surface area contributed by atoms with E-state index in [1.165, 1.54) is 16.4 Å². The van der Waals surface area contributed by atoms with Crippen LogP contribution in [0, 0.1) is 6.92 Å². The Morgan fingerprint density at radius 3 is 2.41 bits per heavy atom. The average Bonchev–Trinajstić information content (AvgIpc) is 3.41. The lowest BCUT2D eigenvalue weighted by Crippen LogP contribution is -2.27. The maximum atomic E-state index is 12.7. The van der Waals surface area contributed by atoms with Crippen LogP contribution in [0.1, 0.15) is 28.2 Å². The first kappa shape index (κ1) is 19.8. The molecule has 1 amide bonds. The monoisotopic (exact) mass is 427 g/mol. The second kappa shape index (κ2) is 8.06. The van der Waals surface area contributed by atoms with Gasteiger partial charge in [0.1, 0.15) is 0 Å². The summed E-state index contributed by atoms with van der Waals surface area (Å²) in [5, 5.41) is 5.82. The van der Waals surface area contributed by atoms with Crippen LogP contribution in [0.2, 0.25) is 0 Å². The number of anilines is 1. The van der Waals surface area contributed by atoms with Crippen molar-refractivity contribution in [2.75, 3.05) is 18.4 Å². The number of sulfonamides is 1. The van der Waals surface area contributed by atoms with Crippen molar-refractivity contribution >= 4 is 33.0 Å². The Morgan fingerprint density at radius 1 is 1.07 bits per heavy atom. The lowest BCUT2D eigenvalue weighted by Gasteiger charge is -2.15. The van der Waals surface area contributed by atoms with Crippen LogP contribution in [-0.4, -0.2) is 36.7 Å². The van der Waals surface area contributed by atoms with E-state index in [9.17, 15) is 13.2 Å². The number of para-hydroxylation sites is 1. The van der Waals surface area contributed by atoms with Gasteiger partial charge in [-0.2, -0.15) is 4.31 Å². The van der Waals surface area contributed by atoms with Gasteiger partial charge in [-0.25, -0.2) is 13.4 Å². The zero-order valence-corrected chi connectivity index (χ0v) is 17.6. The lowest BCUT2D eigenvalue weighted by atomic mass is 10.1. The Kier molecular flexibility index (Phi) is 5.49. The number of benzene rings is 2. The van der Waals surface area contributed by atoms with Crippen LogP contribution in [0.4, 0.5) is 5.69 Å². The summed E-state index contributed by atoms with van der Waals surface area (Å²) in [6.07, 6.45) is 1.77. The minimum absolute atomic E-state index is 0.217. The van der Waals surface area contributed by atoms with Gasteiger partial charge in [-0.05, 0) is 50.1 Å². The summed E-state index contributed by atoms with van der Waals surface area (Å²) in [7, 11) is -3.49. The molecule has 0 radical (unpaired) electrons. The Morgan fingerprint density at radius 2 is 1.76 bits per heavy atom. The van der Waals surface area contributed by atoms with Crippen LogP contribution in [0.15, 0.2) is 58.8 Å². The van der Waals surface area contributed by atoms with E-state index in [4.69, 9.17) is 0 Å². The summed E-state index contributed by atoms with van der Waals surface area (Å²) >= 11 is 1.55. The summed E-state index contributed by atoms with van der Waals surface area (Å²) in [6.45, 7) is 3.04. The van der Waals surface area contributed by atoms with Crippen LogP contribution in [0.3, 0.4) is 0 Å². The van der Waals surface area contributed by atoms with Crippen molar-refractivity contribution in [3.05, 3.63) is 64.5 Å². The average molecular weight is 428 g/mol. The normalized spacial score (nSPS) is 14.8. The number of rotatable bonds is 5. The predicted octanol–water partition coefficient (Wildman–Crippen LogP) is 4.16. The number of nitrogens with one attached hydrogen (secondary N) is 1. The highest BCUT2D eigenvalue weighted by Crippen LogP contribution is 2.29. The zero-order chi connectivity index (χ0) is 20.4. The third-order valence-electron chi connectivity index (χ3n) is 4.89. The van der Waals surface area contributed by atoms with Gasteiger partial charge in [-0.15, -0.1) is 11.3 Å². The van der Waals surface area contributed by atoms with Gasteiger partial charge in [0.2, 0.25) is 10.0 Å².